The Kier molecular flexibility index (Phi) is 5.78. The maximum atomic E-state index is 12.3. The van der Waals surface area contributed by atoms with Crippen LogP contribution in [0.25, 0.3) is 0 Å². The molecule has 0 aliphatic heterocycles. The first-order valence-electron chi connectivity index (χ1n) is 8.56. The van der Waals surface area contributed by atoms with Gasteiger partial charge in [-0.3, -0.25) is 29.8 Å². The third kappa shape index (κ3) is 4.44. The van der Waals surface area contributed by atoms with Gasteiger partial charge in [-0.15, -0.1) is 0 Å². The Morgan fingerprint density at radius 1 is 0.600 bits per heavy atom. The second-order valence-electron chi connectivity index (χ2n) is 6.03. The molecule has 0 radical (unpaired) electrons. The number of nitro groups is 2. The van der Waals surface area contributed by atoms with Crippen LogP contribution < -0.4 is 10.6 Å². The van der Waals surface area contributed by atoms with Gasteiger partial charge in [-0.25, -0.2) is 0 Å². The summed E-state index contributed by atoms with van der Waals surface area (Å²) < 4.78 is 0. The fraction of sp³-hybridized carbons (Fsp3) is 0. The highest BCUT2D eigenvalue weighted by Crippen LogP contribution is 2.22. The summed E-state index contributed by atoms with van der Waals surface area (Å²) in [6, 6.07) is 17.1. The zero-order valence-electron chi connectivity index (χ0n) is 15.3. The Bertz CT molecular complexity index is 1050. The largest absolute Gasteiger partial charge is 0.322 e. The first kappa shape index (κ1) is 20.1. The van der Waals surface area contributed by atoms with E-state index in [1.807, 2.05) is 0 Å². The molecule has 10 nitrogen and oxygen atoms in total. The molecule has 0 saturated heterocycles. The van der Waals surface area contributed by atoms with Crippen molar-refractivity contribution in [1.29, 1.82) is 0 Å². The van der Waals surface area contributed by atoms with Crippen molar-refractivity contribution in [3.8, 4) is 0 Å². The molecule has 0 aliphatic carbocycles. The van der Waals surface area contributed by atoms with Crippen LogP contribution in [0, 0.1) is 20.2 Å². The van der Waals surface area contributed by atoms with Crippen molar-refractivity contribution >= 4 is 34.6 Å². The Morgan fingerprint density at radius 2 is 0.933 bits per heavy atom. The summed E-state index contributed by atoms with van der Waals surface area (Å²) in [5.74, 6) is -1.31. The van der Waals surface area contributed by atoms with Crippen molar-refractivity contribution in [2.24, 2.45) is 0 Å². The monoisotopic (exact) mass is 406 g/mol. The average molecular weight is 406 g/mol. The van der Waals surface area contributed by atoms with Gasteiger partial charge >= 0.3 is 0 Å². The molecular weight excluding hydrogens is 392 g/mol. The molecule has 0 heterocycles. The normalized spacial score (nSPS) is 10.1. The second-order valence-corrected chi connectivity index (χ2v) is 6.03. The van der Waals surface area contributed by atoms with Crippen LogP contribution in [-0.2, 0) is 0 Å². The molecule has 0 spiro atoms. The molecule has 3 rings (SSSR count). The maximum absolute atomic E-state index is 12.3. The third-order valence-electron chi connectivity index (χ3n) is 4.09. The van der Waals surface area contributed by atoms with Crippen LogP contribution >= 0.6 is 0 Å². The van der Waals surface area contributed by atoms with Gasteiger partial charge < -0.3 is 10.6 Å². The smallest absolute Gasteiger partial charge is 0.282 e. The lowest BCUT2D eigenvalue weighted by atomic mass is 10.1. The van der Waals surface area contributed by atoms with E-state index >= 15 is 0 Å². The molecule has 0 bridgehead atoms. The predicted octanol–water partition coefficient (Wildman–Crippen LogP) is 4.01. The molecule has 150 valence electrons. The summed E-state index contributed by atoms with van der Waals surface area (Å²) in [7, 11) is 0. The van der Waals surface area contributed by atoms with E-state index in [4.69, 9.17) is 0 Å². The molecule has 0 unspecified atom stereocenters. The third-order valence-corrected chi connectivity index (χ3v) is 4.09. The molecule has 2 N–H and O–H groups in total. The predicted molar refractivity (Wildman–Crippen MR) is 109 cm³/mol. The number of rotatable bonds is 6. The van der Waals surface area contributed by atoms with Crippen molar-refractivity contribution in [2.75, 3.05) is 10.6 Å². The number of benzene rings is 3. The maximum Gasteiger partial charge on any atom is 0.282 e. The van der Waals surface area contributed by atoms with E-state index in [0.29, 0.717) is 11.4 Å². The van der Waals surface area contributed by atoms with Crippen LogP contribution in [0.15, 0.2) is 72.8 Å². The van der Waals surface area contributed by atoms with E-state index < -0.39 is 21.7 Å². The van der Waals surface area contributed by atoms with Crippen LogP contribution in [-0.4, -0.2) is 21.7 Å². The SMILES string of the molecule is O=C(Nc1ccc(NC(=O)c2ccccc2[N+](=O)[O-])cc1)c1ccccc1[N+](=O)[O-]. The number of amides is 2. The number of hydrogen-bond acceptors (Lipinski definition) is 6. The summed E-state index contributed by atoms with van der Waals surface area (Å²) in [6.07, 6.45) is 0. The van der Waals surface area contributed by atoms with Crippen LogP contribution in [0.2, 0.25) is 0 Å². The van der Waals surface area contributed by atoms with Crippen LogP contribution in [0.5, 0.6) is 0 Å². The van der Waals surface area contributed by atoms with E-state index in [2.05, 4.69) is 10.6 Å². The van der Waals surface area contributed by atoms with Gasteiger partial charge in [0.05, 0.1) is 9.85 Å². The Hall–Kier alpha value is -4.60. The van der Waals surface area contributed by atoms with E-state index in [9.17, 15) is 29.8 Å². The summed E-state index contributed by atoms with van der Waals surface area (Å²) >= 11 is 0. The fourth-order valence-corrected chi connectivity index (χ4v) is 2.68. The van der Waals surface area contributed by atoms with E-state index in [0.717, 1.165) is 0 Å². The highest BCUT2D eigenvalue weighted by molar-refractivity contribution is 6.08. The van der Waals surface area contributed by atoms with Crippen molar-refractivity contribution in [1.82, 2.24) is 0 Å². The van der Waals surface area contributed by atoms with Crippen molar-refractivity contribution in [3.63, 3.8) is 0 Å². The second kappa shape index (κ2) is 8.61. The van der Waals surface area contributed by atoms with Gasteiger partial charge in [-0.2, -0.15) is 0 Å². The number of nitrogens with one attached hydrogen (secondary N) is 2. The van der Waals surface area contributed by atoms with Crippen LogP contribution in [0.4, 0.5) is 22.7 Å². The van der Waals surface area contributed by atoms with E-state index in [1.54, 1.807) is 0 Å². The first-order chi connectivity index (χ1) is 14.4. The zero-order valence-corrected chi connectivity index (χ0v) is 15.3. The van der Waals surface area contributed by atoms with Gasteiger partial charge in [0.1, 0.15) is 11.1 Å². The fourth-order valence-electron chi connectivity index (χ4n) is 2.68. The lowest BCUT2D eigenvalue weighted by Crippen LogP contribution is -2.15. The van der Waals surface area contributed by atoms with Crippen molar-refractivity contribution in [3.05, 3.63) is 104 Å². The number of nitro benzene ring substituents is 2. The van der Waals surface area contributed by atoms with Gasteiger partial charge in [-0.05, 0) is 36.4 Å². The number of para-hydroxylation sites is 2. The van der Waals surface area contributed by atoms with Gasteiger partial charge in [0.15, 0.2) is 0 Å². The number of hydrogen-bond donors (Lipinski definition) is 2. The van der Waals surface area contributed by atoms with E-state index in [1.165, 1.54) is 72.8 Å². The van der Waals surface area contributed by atoms with Gasteiger partial charge in [-0.1, -0.05) is 24.3 Å². The van der Waals surface area contributed by atoms with Crippen LogP contribution in [0.3, 0.4) is 0 Å². The topological polar surface area (TPSA) is 144 Å². The quantitative estimate of drug-likeness (QED) is 0.467. The number of carbonyl (C=O) groups excluding carboxylic acids is 2. The lowest BCUT2D eigenvalue weighted by Gasteiger charge is -2.08. The van der Waals surface area contributed by atoms with Crippen LogP contribution in [0.1, 0.15) is 20.7 Å². The number of carbonyl (C=O) groups is 2. The Labute approximate surface area is 169 Å². The minimum absolute atomic E-state index is 0.0868. The average Bonchev–Trinajstić information content (AvgIpc) is 2.75. The highest BCUT2D eigenvalue weighted by atomic mass is 16.6. The molecule has 3 aromatic carbocycles. The summed E-state index contributed by atoms with van der Waals surface area (Å²) in [4.78, 5) is 45.5. The van der Waals surface area contributed by atoms with Gasteiger partial charge in [0, 0.05) is 23.5 Å². The molecule has 0 atom stereocenters. The Morgan fingerprint density at radius 3 is 1.27 bits per heavy atom. The van der Waals surface area contributed by atoms with Crippen molar-refractivity contribution < 1.29 is 19.4 Å². The molecule has 10 heteroatoms. The highest BCUT2D eigenvalue weighted by Gasteiger charge is 2.20. The molecule has 0 fully saturated rings. The molecule has 3 aromatic rings. The molecule has 2 amide bonds. The summed E-state index contributed by atoms with van der Waals surface area (Å²) in [5.41, 5.74) is -0.108. The minimum atomic E-state index is -0.654. The number of nitrogens with zero attached hydrogens (tertiary/aromatic N) is 2. The molecule has 0 aliphatic rings. The summed E-state index contributed by atoms with van der Waals surface area (Å²) in [5, 5.41) is 27.2. The molecule has 0 saturated carbocycles. The molecular formula is C20H14N4O6. The Balaban J connectivity index is 1.72. The van der Waals surface area contributed by atoms with Gasteiger partial charge in [0.2, 0.25) is 0 Å². The minimum Gasteiger partial charge on any atom is -0.322 e. The summed E-state index contributed by atoms with van der Waals surface area (Å²) in [6.45, 7) is 0. The lowest BCUT2D eigenvalue weighted by molar-refractivity contribution is -0.385. The zero-order chi connectivity index (χ0) is 21.7. The first-order valence-corrected chi connectivity index (χ1v) is 8.56. The standard InChI is InChI=1S/C20H14N4O6/c25-19(15-5-1-3-7-17(15)23(27)28)21-13-9-11-14(12-10-13)22-20(26)16-6-2-4-8-18(16)24(29)30/h1-12H,(H,21,25)(H,22,26). The van der Waals surface area contributed by atoms with Gasteiger partial charge in [0.25, 0.3) is 23.2 Å². The number of anilines is 2. The van der Waals surface area contributed by atoms with E-state index in [-0.39, 0.29) is 22.5 Å². The van der Waals surface area contributed by atoms with Crippen molar-refractivity contribution in [2.45, 2.75) is 0 Å². The molecule has 0 aromatic heterocycles. The molecule has 30 heavy (non-hydrogen) atoms.